The van der Waals surface area contributed by atoms with Gasteiger partial charge in [0, 0.05) is 18.6 Å². The van der Waals surface area contributed by atoms with Crippen LogP contribution in [0.15, 0.2) is 0 Å². The Morgan fingerprint density at radius 2 is 1.89 bits per heavy atom. The third-order valence-electron chi connectivity index (χ3n) is 5.07. The van der Waals surface area contributed by atoms with E-state index in [0.717, 1.165) is 17.9 Å². The quantitative estimate of drug-likeness (QED) is 0.811. The second kappa shape index (κ2) is 6.91. The fourth-order valence-corrected chi connectivity index (χ4v) is 3.87. The third kappa shape index (κ3) is 3.71. The van der Waals surface area contributed by atoms with Gasteiger partial charge in [-0.15, -0.1) is 0 Å². The summed E-state index contributed by atoms with van der Waals surface area (Å²) in [6.07, 6.45) is 8.55. The standard InChI is InChI=1S/C16H32N2/c1-4-15-7-5-6-8-16(15)18-10-9-14(3)17-11-13(2)12-18/h13-17H,4-12H2,1-3H3. The molecule has 4 unspecified atom stereocenters. The lowest BCUT2D eigenvalue weighted by Crippen LogP contribution is -2.49. The number of nitrogens with zero attached hydrogens (tertiary/aromatic N) is 1. The normalized spacial score (nSPS) is 40.2. The molecule has 0 spiro atoms. The SMILES string of the molecule is CCC1CCCCC1N1CCC(C)NCC(C)C1. The number of nitrogens with one attached hydrogen (secondary N) is 1. The monoisotopic (exact) mass is 252 g/mol. The molecule has 0 bridgehead atoms. The highest BCUT2D eigenvalue weighted by Gasteiger charge is 2.30. The van der Waals surface area contributed by atoms with Gasteiger partial charge in [0.05, 0.1) is 0 Å². The molecule has 18 heavy (non-hydrogen) atoms. The molecular weight excluding hydrogens is 220 g/mol. The molecule has 0 aromatic heterocycles. The van der Waals surface area contributed by atoms with Crippen LogP contribution in [0.25, 0.3) is 0 Å². The first-order chi connectivity index (χ1) is 8.70. The van der Waals surface area contributed by atoms with Crippen molar-refractivity contribution >= 4 is 0 Å². The van der Waals surface area contributed by atoms with Gasteiger partial charge in [0.1, 0.15) is 0 Å². The van der Waals surface area contributed by atoms with Gasteiger partial charge in [0.2, 0.25) is 0 Å². The molecule has 1 heterocycles. The zero-order valence-electron chi connectivity index (χ0n) is 12.6. The van der Waals surface area contributed by atoms with Crippen molar-refractivity contribution in [3.63, 3.8) is 0 Å². The molecule has 4 atom stereocenters. The van der Waals surface area contributed by atoms with Crippen LogP contribution in [0.1, 0.15) is 59.3 Å². The van der Waals surface area contributed by atoms with E-state index in [4.69, 9.17) is 0 Å². The minimum atomic E-state index is 0.693. The molecule has 2 rings (SSSR count). The highest BCUT2D eigenvalue weighted by molar-refractivity contribution is 4.85. The van der Waals surface area contributed by atoms with Crippen molar-refractivity contribution in [2.45, 2.75) is 71.4 Å². The molecule has 1 aliphatic heterocycles. The minimum Gasteiger partial charge on any atom is -0.314 e. The first-order valence-corrected chi connectivity index (χ1v) is 8.18. The Hall–Kier alpha value is -0.0800. The molecule has 0 amide bonds. The van der Waals surface area contributed by atoms with Crippen molar-refractivity contribution in [3.8, 4) is 0 Å². The van der Waals surface area contributed by atoms with Crippen LogP contribution < -0.4 is 5.32 Å². The first-order valence-electron chi connectivity index (χ1n) is 8.18. The maximum absolute atomic E-state index is 3.66. The van der Waals surface area contributed by atoms with Gasteiger partial charge in [-0.3, -0.25) is 4.90 Å². The van der Waals surface area contributed by atoms with Gasteiger partial charge in [-0.25, -0.2) is 0 Å². The summed E-state index contributed by atoms with van der Waals surface area (Å²) in [6, 6.07) is 1.58. The predicted octanol–water partition coefficient (Wildman–Crippen LogP) is 3.28. The molecule has 106 valence electrons. The van der Waals surface area contributed by atoms with E-state index in [-0.39, 0.29) is 0 Å². The average molecular weight is 252 g/mol. The van der Waals surface area contributed by atoms with Crippen molar-refractivity contribution in [1.29, 1.82) is 0 Å². The maximum Gasteiger partial charge on any atom is 0.0123 e. The van der Waals surface area contributed by atoms with Crippen molar-refractivity contribution in [2.24, 2.45) is 11.8 Å². The maximum atomic E-state index is 3.66. The van der Waals surface area contributed by atoms with Crippen LogP contribution in [0.2, 0.25) is 0 Å². The van der Waals surface area contributed by atoms with E-state index in [1.54, 1.807) is 0 Å². The molecule has 2 nitrogen and oxygen atoms in total. The largest absolute Gasteiger partial charge is 0.314 e. The predicted molar refractivity (Wildman–Crippen MR) is 78.9 cm³/mol. The molecule has 2 fully saturated rings. The van der Waals surface area contributed by atoms with Crippen molar-refractivity contribution in [2.75, 3.05) is 19.6 Å². The van der Waals surface area contributed by atoms with Crippen LogP contribution in [-0.2, 0) is 0 Å². The second-order valence-electron chi connectivity index (χ2n) is 6.72. The number of hydrogen-bond acceptors (Lipinski definition) is 2. The Balaban J connectivity index is 1.98. The Morgan fingerprint density at radius 1 is 1.11 bits per heavy atom. The van der Waals surface area contributed by atoms with Crippen LogP contribution in [0.3, 0.4) is 0 Å². The highest BCUT2D eigenvalue weighted by Crippen LogP contribution is 2.31. The molecule has 2 heteroatoms. The topological polar surface area (TPSA) is 15.3 Å². The lowest BCUT2D eigenvalue weighted by molar-refractivity contribution is 0.0760. The Labute approximate surface area is 114 Å². The van der Waals surface area contributed by atoms with Gasteiger partial charge in [-0.05, 0) is 51.1 Å². The van der Waals surface area contributed by atoms with Crippen molar-refractivity contribution in [1.82, 2.24) is 10.2 Å². The summed E-state index contributed by atoms with van der Waals surface area (Å²) in [6.45, 7) is 10.9. The summed E-state index contributed by atoms with van der Waals surface area (Å²) < 4.78 is 0. The van der Waals surface area contributed by atoms with Crippen LogP contribution in [0.5, 0.6) is 0 Å². The molecule has 0 radical (unpaired) electrons. The van der Waals surface area contributed by atoms with E-state index in [9.17, 15) is 0 Å². The Kier molecular flexibility index (Phi) is 5.50. The summed E-state index contributed by atoms with van der Waals surface area (Å²) in [5.74, 6) is 1.76. The molecule has 0 aromatic rings. The lowest BCUT2D eigenvalue weighted by atomic mass is 9.81. The van der Waals surface area contributed by atoms with Crippen LogP contribution in [0.4, 0.5) is 0 Å². The van der Waals surface area contributed by atoms with Gasteiger partial charge in [0.15, 0.2) is 0 Å². The molecule has 1 aliphatic carbocycles. The zero-order valence-corrected chi connectivity index (χ0v) is 12.6. The van der Waals surface area contributed by atoms with Crippen molar-refractivity contribution in [3.05, 3.63) is 0 Å². The van der Waals surface area contributed by atoms with E-state index in [0.29, 0.717) is 6.04 Å². The van der Waals surface area contributed by atoms with Gasteiger partial charge < -0.3 is 5.32 Å². The van der Waals surface area contributed by atoms with E-state index in [1.165, 1.54) is 58.2 Å². The zero-order chi connectivity index (χ0) is 13.0. The van der Waals surface area contributed by atoms with Crippen LogP contribution in [0, 0.1) is 11.8 Å². The number of rotatable bonds is 2. The van der Waals surface area contributed by atoms with Gasteiger partial charge >= 0.3 is 0 Å². The van der Waals surface area contributed by atoms with Gasteiger partial charge in [-0.1, -0.05) is 33.1 Å². The first kappa shape index (κ1) is 14.3. The number of hydrogen-bond donors (Lipinski definition) is 1. The van der Waals surface area contributed by atoms with Gasteiger partial charge in [0.25, 0.3) is 0 Å². The fraction of sp³-hybridized carbons (Fsp3) is 1.00. The minimum absolute atomic E-state index is 0.693. The summed E-state index contributed by atoms with van der Waals surface area (Å²) in [5, 5.41) is 3.66. The molecule has 1 saturated heterocycles. The van der Waals surface area contributed by atoms with Gasteiger partial charge in [-0.2, -0.15) is 0 Å². The summed E-state index contributed by atoms with van der Waals surface area (Å²) in [5.41, 5.74) is 0. The fourth-order valence-electron chi connectivity index (χ4n) is 3.87. The molecule has 1 saturated carbocycles. The molecule has 1 N–H and O–H groups in total. The molecular formula is C16H32N2. The van der Waals surface area contributed by atoms with Crippen LogP contribution in [-0.4, -0.2) is 36.6 Å². The van der Waals surface area contributed by atoms with E-state index in [2.05, 4.69) is 31.0 Å². The van der Waals surface area contributed by atoms with E-state index in [1.807, 2.05) is 0 Å². The second-order valence-corrected chi connectivity index (χ2v) is 6.72. The summed E-state index contributed by atoms with van der Waals surface area (Å²) in [7, 11) is 0. The highest BCUT2D eigenvalue weighted by atomic mass is 15.2. The lowest BCUT2D eigenvalue weighted by Gasteiger charge is -2.42. The average Bonchev–Trinajstić information content (AvgIpc) is 2.39. The van der Waals surface area contributed by atoms with E-state index >= 15 is 0 Å². The molecule has 2 aliphatic rings. The summed E-state index contributed by atoms with van der Waals surface area (Å²) in [4.78, 5) is 2.84. The Bertz CT molecular complexity index is 241. The smallest absolute Gasteiger partial charge is 0.0123 e. The van der Waals surface area contributed by atoms with Crippen molar-refractivity contribution < 1.29 is 0 Å². The van der Waals surface area contributed by atoms with E-state index < -0.39 is 0 Å². The third-order valence-corrected chi connectivity index (χ3v) is 5.07. The van der Waals surface area contributed by atoms with Crippen LogP contribution >= 0.6 is 0 Å². The molecule has 0 aromatic carbocycles. The summed E-state index contributed by atoms with van der Waals surface area (Å²) >= 11 is 0. The Morgan fingerprint density at radius 3 is 2.67 bits per heavy atom.